The quantitative estimate of drug-likeness (QED) is 0.447. The van der Waals surface area contributed by atoms with E-state index in [0.29, 0.717) is 32.4 Å². The van der Waals surface area contributed by atoms with Crippen molar-refractivity contribution in [2.75, 3.05) is 13.2 Å². The van der Waals surface area contributed by atoms with Gasteiger partial charge < -0.3 is 25.4 Å². The van der Waals surface area contributed by atoms with Crippen molar-refractivity contribution in [2.45, 2.75) is 69.4 Å². The Hall–Kier alpha value is -3.23. The second-order valence-electron chi connectivity index (χ2n) is 10.7. The molecule has 0 aromatic heterocycles. The van der Waals surface area contributed by atoms with Crippen LogP contribution in [0.4, 0.5) is 0 Å². The lowest BCUT2D eigenvalue weighted by Gasteiger charge is -2.37. The van der Waals surface area contributed by atoms with Crippen molar-refractivity contribution in [1.29, 1.82) is 0 Å². The average Bonchev–Trinajstić information content (AvgIpc) is 3.56. The number of hydrogen-bond donors (Lipinski definition) is 3. The molecular formula is C30H37N3O5. The Labute approximate surface area is 223 Å². The van der Waals surface area contributed by atoms with E-state index < -0.39 is 35.1 Å². The smallest absolute Gasteiger partial charge is 0.246 e. The van der Waals surface area contributed by atoms with Crippen LogP contribution in [-0.2, 0) is 25.7 Å². The van der Waals surface area contributed by atoms with Crippen molar-refractivity contribution >= 4 is 17.7 Å². The van der Waals surface area contributed by atoms with Gasteiger partial charge in [0.05, 0.1) is 30.1 Å². The summed E-state index contributed by atoms with van der Waals surface area (Å²) in [5.41, 5.74) is -0.258. The van der Waals surface area contributed by atoms with Crippen LogP contribution in [-0.4, -0.2) is 58.1 Å². The number of hydrogen-bond acceptors (Lipinski definition) is 5. The highest BCUT2D eigenvalue weighted by Gasteiger charge is 2.79. The van der Waals surface area contributed by atoms with Gasteiger partial charge in [-0.2, -0.15) is 0 Å². The number of ether oxygens (including phenoxy) is 1. The number of nitrogens with zero attached hydrogens (tertiary/aromatic N) is 1. The van der Waals surface area contributed by atoms with Crippen molar-refractivity contribution in [3.05, 3.63) is 71.8 Å². The first kappa shape index (κ1) is 26.4. The molecule has 2 aromatic rings. The number of fused-ring (bicyclic) bond motifs is 1. The summed E-state index contributed by atoms with van der Waals surface area (Å²) in [6, 6.07) is 17.1. The molecule has 3 aliphatic rings. The molecule has 8 nitrogen and oxygen atoms in total. The molecule has 8 heteroatoms. The Balaban J connectivity index is 1.56. The van der Waals surface area contributed by atoms with E-state index in [0.717, 1.165) is 17.5 Å². The van der Waals surface area contributed by atoms with Crippen molar-refractivity contribution in [3.8, 4) is 0 Å². The normalized spacial score (nSPS) is 30.2. The highest BCUT2D eigenvalue weighted by molar-refractivity contribution is 5.99. The minimum absolute atomic E-state index is 0.195. The van der Waals surface area contributed by atoms with E-state index in [1.807, 2.05) is 74.5 Å². The van der Waals surface area contributed by atoms with Crippen molar-refractivity contribution in [2.24, 2.45) is 11.8 Å². The lowest BCUT2D eigenvalue weighted by atomic mass is 9.65. The van der Waals surface area contributed by atoms with Gasteiger partial charge in [-0.25, -0.2) is 0 Å². The Bertz CT molecular complexity index is 1170. The molecule has 38 heavy (non-hydrogen) atoms. The molecule has 3 N–H and O–H groups in total. The number of aliphatic hydroxyl groups is 1. The number of aliphatic hydroxyl groups excluding tert-OH is 1. The summed E-state index contributed by atoms with van der Waals surface area (Å²) < 4.78 is 6.79. The molecule has 6 atom stereocenters. The standard InChI is InChI=1S/C30H37N3O5/c1-3-17-31-26(35)23-24-28(37)33(22(19-34)21-13-9-6-10-14-21)25(30(24)16-15-29(23,4-2)38-30)27(36)32-18-20-11-7-5-8-12-20/h5-14,22-25,34H,3-4,15-19H2,1-2H3,(H,31,35)(H,32,36)/t22-,23+,24+,25?,29-,30?/m1/s1. The van der Waals surface area contributed by atoms with Crippen LogP contribution in [0.5, 0.6) is 0 Å². The van der Waals surface area contributed by atoms with Gasteiger partial charge in [-0.05, 0) is 36.8 Å². The molecule has 5 rings (SSSR count). The van der Waals surface area contributed by atoms with E-state index in [9.17, 15) is 19.5 Å². The highest BCUT2D eigenvalue weighted by Crippen LogP contribution is 2.65. The van der Waals surface area contributed by atoms with Crippen LogP contribution in [0, 0.1) is 11.8 Å². The summed E-state index contributed by atoms with van der Waals surface area (Å²) in [7, 11) is 0. The summed E-state index contributed by atoms with van der Waals surface area (Å²) >= 11 is 0. The monoisotopic (exact) mass is 519 g/mol. The number of nitrogens with one attached hydrogen (secondary N) is 2. The van der Waals surface area contributed by atoms with Gasteiger partial charge in [-0.1, -0.05) is 74.5 Å². The molecule has 2 aromatic carbocycles. The molecule has 202 valence electrons. The van der Waals surface area contributed by atoms with Crippen LogP contribution in [0.2, 0.25) is 0 Å². The molecule has 2 bridgehead atoms. The lowest BCUT2D eigenvalue weighted by Crippen LogP contribution is -2.56. The Morgan fingerprint density at radius 1 is 1.03 bits per heavy atom. The van der Waals surface area contributed by atoms with Gasteiger partial charge in [0.1, 0.15) is 11.6 Å². The number of amides is 3. The first-order valence-corrected chi connectivity index (χ1v) is 13.7. The number of rotatable bonds is 10. The van der Waals surface area contributed by atoms with Gasteiger partial charge in [0.25, 0.3) is 0 Å². The minimum Gasteiger partial charge on any atom is -0.394 e. The largest absolute Gasteiger partial charge is 0.394 e. The topological polar surface area (TPSA) is 108 Å². The van der Waals surface area contributed by atoms with E-state index in [-0.39, 0.29) is 24.3 Å². The van der Waals surface area contributed by atoms with E-state index in [4.69, 9.17) is 4.74 Å². The fraction of sp³-hybridized carbons (Fsp3) is 0.500. The van der Waals surface area contributed by atoms with Gasteiger partial charge >= 0.3 is 0 Å². The van der Waals surface area contributed by atoms with Crippen LogP contribution < -0.4 is 10.6 Å². The fourth-order valence-corrected chi connectivity index (χ4v) is 6.96. The molecule has 1 spiro atoms. The second kappa shape index (κ2) is 10.5. The van der Waals surface area contributed by atoms with Gasteiger partial charge in [0.15, 0.2) is 0 Å². The third kappa shape index (κ3) is 4.10. The molecule has 0 saturated carbocycles. The molecule has 3 fully saturated rings. The van der Waals surface area contributed by atoms with Crippen LogP contribution in [0.25, 0.3) is 0 Å². The predicted molar refractivity (Wildman–Crippen MR) is 142 cm³/mol. The van der Waals surface area contributed by atoms with Crippen LogP contribution in [0.1, 0.15) is 56.7 Å². The molecule has 2 unspecified atom stereocenters. The molecule has 3 heterocycles. The van der Waals surface area contributed by atoms with Gasteiger partial charge in [0, 0.05) is 13.1 Å². The number of carbonyl (C=O) groups excluding carboxylic acids is 3. The molecule has 0 aliphatic carbocycles. The van der Waals surface area contributed by atoms with Crippen molar-refractivity contribution < 1.29 is 24.2 Å². The maximum atomic E-state index is 14.4. The zero-order valence-electron chi connectivity index (χ0n) is 22.1. The van der Waals surface area contributed by atoms with Crippen LogP contribution in [0.15, 0.2) is 60.7 Å². The Morgan fingerprint density at radius 3 is 2.34 bits per heavy atom. The van der Waals surface area contributed by atoms with Gasteiger partial charge in [-0.3, -0.25) is 14.4 Å². The van der Waals surface area contributed by atoms with Crippen LogP contribution in [0.3, 0.4) is 0 Å². The summed E-state index contributed by atoms with van der Waals surface area (Å²) in [4.78, 5) is 43.4. The minimum atomic E-state index is -1.13. The first-order chi connectivity index (χ1) is 18.4. The summed E-state index contributed by atoms with van der Waals surface area (Å²) in [5, 5.41) is 16.6. The van der Waals surface area contributed by atoms with Crippen molar-refractivity contribution in [1.82, 2.24) is 15.5 Å². The van der Waals surface area contributed by atoms with Gasteiger partial charge in [-0.15, -0.1) is 0 Å². The zero-order valence-corrected chi connectivity index (χ0v) is 22.1. The number of benzene rings is 2. The molecule has 0 radical (unpaired) electrons. The maximum absolute atomic E-state index is 14.4. The SMILES string of the molecule is CCCNC(=O)[C@@H]1[C@H]2C(=O)N([C@H](CO)c3ccccc3)C(C(=O)NCc3ccccc3)C23CC[C@@]1(CC)O3. The summed E-state index contributed by atoms with van der Waals surface area (Å²) in [6.45, 7) is 4.42. The molecular weight excluding hydrogens is 482 g/mol. The van der Waals surface area contributed by atoms with Crippen LogP contribution >= 0.6 is 0 Å². The highest BCUT2D eigenvalue weighted by atomic mass is 16.5. The van der Waals surface area contributed by atoms with E-state index >= 15 is 0 Å². The molecule has 3 aliphatic heterocycles. The lowest BCUT2D eigenvalue weighted by molar-refractivity contribution is -0.151. The first-order valence-electron chi connectivity index (χ1n) is 13.7. The van der Waals surface area contributed by atoms with E-state index in [2.05, 4.69) is 10.6 Å². The maximum Gasteiger partial charge on any atom is 0.246 e. The van der Waals surface area contributed by atoms with Crippen molar-refractivity contribution in [3.63, 3.8) is 0 Å². The number of carbonyl (C=O) groups is 3. The average molecular weight is 520 g/mol. The Morgan fingerprint density at radius 2 is 1.71 bits per heavy atom. The zero-order chi connectivity index (χ0) is 26.9. The third-order valence-corrected chi connectivity index (χ3v) is 8.70. The van der Waals surface area contributed by atoms with E-state index in [1.54, 1.807) is 0 Å². The second-order valence-corrected chi connectivity index (χ2v) is 10.7. The number of likely N-dealkylation sites (tertiary alicyclic amines) is 1. The molecule has 3 saturated heterocycles. The molecule has 3 amide bonds. The van der Waals surface area contributed by atoms with Gasteiger partial charge in [0.2, 0.25) is 17.7 Å². The van der Waals surface area contributed by atoms with E-state index in [1.165, 1.54) is 4.90 Å². The predicted octanol–water partition coefficient (Wildman–Crippen LogP) is 2.72. The fourth-order valence-electron chi connectivity index (χ4n) is 6.96. The summed E-state index contributed by atoms with van der Waals surface area (Å²) in [6.07, 6.45) is 2.45. The third-order valence-electron chi connectivity index (χ3n) is 8.70. The Kier molecular flexibility index (Phi) is 7.29. The summed E-state index contributed by atoms with van der Waals surface area (Å²) in [5.74, 6) is -2.32.